The molecule has 0 aliphatic carbocycles. The summed E-state index contributed by atoms with van der Waals surface area (Å²) in [5.41, 5.74) is 0.204. The molecule has 0 aliphatic heterocycles. The molecule has 0 saturated heterocycles. The molecule has 0 heterocycles. The Morgan fingerprint density at radius 2 is 1.81 bits per heavy atom. The fraction of sp³-hybridized carbons (Fsp3) is 0.211. The maximum Gasteiger partial charge on any atom is 0.416 e. The highest BCUT2D eigenvalue weighted by Crippen LogP contribution is 2.29. The van der Waals surface area contributed by atoms with Crippen molar-refractivity contribution in [3.05, 3.63) is 71.0 Å². The number of urea groups is 1. The normalized spacial score (nSPS) is 10.6. The maximum atomic E-state index is 13.0. The van der Waals surface area contributed by atoms with Crippen molar-refractivity contribution in [2.24, 2.45) is 0 Å². The molecular weight excluding hydrogens is 348 g/mol. The smallest absolute Gasteiger partial charge is 0.338 e. The van der Waals surface area contributed by atoms with E-state index in [2.05, 4.69) is 22.5 Å². The second-order valence-electron chi connectivity index (χ2n) is 5.37. The van der Waals surface area contributed by atoms with Crippen LogP contribution in [-0.4, -0.2) is 19.1 Å². The Bertz CT molecular complexity index is 822. The second-order valence-corrected chi connectivity index (χ2v) is 5.37. The summed E-state index contributed by atoms with van der Waals surface area (Å²) in [6.07, 6.45) is -3.95. The van der Waals surface area contributed by atoms with Crippen LogP contribution in [0.5, 0.6) is 0 Å². The third-order valence-corrected chi connectivity index (χ3v) is 3.35. The zero-order valence-electron chi connectivity index (χ0n) is 13.7. The number of rotatable bonds is 4. The quantitative estimate of drug-likeness (QED) is 0.630. The minimum Gasteiger partial charge on any atom is -0.338 e. The van der Waals surface area contributed by atoms with Crippen LogP contribution in [0.3, 0.4) is 0 Å². The number of hydrogen-bond acceptors (Lipinski definition) is 1. The van der Waals surface area contributed by atoms with Crippen molar-refractivity contribution < 1.29 is 22.4 Å². The maximum absolute atomic E-state index is 13.0. The van der Waals surface area contributed by atoms with Crippen LogP contribution in [0.15, 0.2) is 48.5 Å². The number of nitrogens with one attached hydrogen (secondary N) is 2. The average molecular weight is 364 g/mol. The molecule has 0 unspecified atom stereocenters. The van der Waals surface area contributed by atoms with Gasteiger partial charge < -0.3 is 10.6 Å². The molecule has 0 radical (unpaired) electrons. The lowest BCUT2D eigenvalue weighted by Crippen LogP contribution is -2.36. The fourth-order valence-electron chi connectivity index (χ4n) is 2.12. The monoisotopic (exact) mass is 364 g/mol. The van der Waals surface area contributed by atoms with Crippen LogP contribution in [0.2, 0.25) is 0 Å². The van der Waals surface area contributed by atoms with E-state index in [-0.39, 0.29) is 17.9 Å². The molecule has 2 N–H and O–H groups in total. The fourth-order valence-corrected chi connectivity index (χ4v) is 2.12. The minimum atomic E-state index is -4.42. The summed E-state index contributed by atoms with van der Waals surface area (Å²) in [4.78, 5) is 11.6. The number of alkyl halides is 3. The first-order valence-corrected chi connectivity index (χ1v) is 7.77. The van der Waals surface area contributed by atoms with Crippen LogP contribution in [0.1, 0.15) is 16.7 Å². The SMILES string of the molecule is O=C(NCC#Cc1cccc(C(F)(F)F)c1)NCCc1cccc(F)c1. The van der Waals surface area contributed by atoms with Crippen LogP contribution in [0.25, 0.3) is 0 Å². The van der Waals surface area contributed by atoms with Crippen LogP contribution in [0.4, 0.5) is 22.4 Å². The van der Waals surface area contributed by atoms with Crippen LogP contribution in [-0.2, 0) is 12.6 Å². The summed E-state index contributed by atoms with van der Waals surface area (Å²) in [7, 11) is 0. The van der Waals surface area contributed by atoms with Crippen LogP contribution in [0, 0.1) is 17.7 Å². The summed E-state index contributed by atoms with van der Waals surface area (Å²) in [6.45, 7) is 0.304. The molecule has 0 aliphatic rings. The third kappa shape index (κ3) is 6.48. The van der Waals surface area contributed by atoms with Gasteiger partial charge in [0.2, 0.25) is 0 Å². The summed E-state index contributed by atoms with van der Waals surface area (Å²) in [6, 6.07) is 10.3. The molecule has 0 saturated carbocycles. The zero-order valence-corrected chi connectivity index (χ0v) is 13.7. The molecule has 2 rings (SSSR count). The molecule has 2 aromatic rings. The van der Waals surface area contributed by atoms with E-state index in [0.29, 0.717) is 13.0 Å². The Balaban J connectivity index is 1.74. The van der Waals surface area contributed by atoms with E-state index < -0.39 is 17.8 Å². The largest absolute Gasteiger partial charge is 0.416 e. The zero-order chi connectivity index (χ0) is 19.0. The predicted octanol–water partition coefficient (Wildman–Crippen LogP) is 3.74. The van der Waals surface area contributed by atoms with Crippen LogP contribution < -0.4 is 10.6 Å². The van der Waals surface area contributed by atoms with Gasteiger partial charge >= 0.3 is 12.2 Å². The van der Waals surface area contributed by atoms with Crippen molar-refractivity contribution in [1.29, 1.82) is 0 Å². The summed E-state index contributed by atoms with van der Waals surface area (Å²) < 4.78 is 50.8. The molecule has 0 fully saturated rings. The molecule has 0 atom stereocenters. The van der Waals surface area contributed by atoms with E-state index in [1.54, 1.807) is 12.1 Å². The highest BCUT2D eigenvalue weighted by Gasteiger charge is 2.30. The molecule has 2 aromatic carbocycles. The second kappa shape index (κ2) is 8.90. The molecular formula is C19H16F4N2O. The van der Waals surface area contributed by atoms with Gasteiger partial charge in [0.15, 0.2) is 0 Å². The van der Waals surface area contributed by atoms with E-state index >= 15 is 0 Å². The van der Waals surface area contributed by atoms with Gasteiger partial charge in [-0.25, -0.2) is 9.18 Å². The lowest BCUT2D eigenvalue weighted by molar-refractivity contribution is -0.137. The van der Waals surface area contributed by atoms with E-state index in [1.165, 1.54) is 24.3 Å². The van der Waals surface area contributed by atoms with E-state index in [0.717, 1.165) is 17.7 Å². The van der Waals surface area contributed by atoms with Gasteiger partial charge in [0.05, 0.1) is 12.1 Å². The van der Waals surface area contributed by atoms with Gasteiger partial charge in [-0.1, -0.05) is 30.0 Å². The summed E-state index contributed by atoms with van der Waals surface area (Å²) in [5, 5.41) is 5.06. The van der Waals surface area contributed by atoms with Crippen molar-refractivity contribution in [2.45, 2.75) is 12.6 Å². The topological polar surface area (TPSA) is 41.1 Å². The van der Waals surface area contributed by atoms with Gasteiger partial charge in [-0.3, -0.25) is 0 Å². The van der Waals surface area contributed by atoms with Crippen molar-refractivity contribution in [3.8, 4) is 11.8 Å². The lowest BCUT2D eigenvalue weighted by atomic mass is 10.1. The number of amides is 2. The molecule has 26 heavy (non-hydrogen) atoms. The average Bonchev–Trinajstić information content (AvgIpc) is 2.58. The van der Waals surface area contributed by atoms with Gasteiger partial charge in [0, 0.05) is 12.1 Å². The first-order chi connectivity index (χ1) is 12.3. The third-order valence-electron chi connectivity index (χ3n) is 3.35. The molecule has 0 aromatic heterocycles. The predicted molar refractivity (Wildman–Crippen MR) is 89.8 cm³/mol. The molecule has 2 amide bonds. The van der Waals surface area contributed by atoms with Gasteiger partial charge in [0.25, 0.3) is 0 Å². The first-order valence-electron chi connectivity index (χ1n) is 7.77. The van der Waals surface area contributed by atoms with E-state index in [1.807, 2.05) is 0 Å². The standard InChI is InChI=1S/C19H16F4N2O/c20-17-8-2-5-15(13-17)9-11-25-18(26)24-10-3-6-14-4-1-7-16(12-14)19(21,22)23/h1-2,4-5,7-8,12-13H,9-11H2,(H2,24,25,26). The van der Waals surface area contributed by atoms with Crippen molar-refractivity contribution in [2.75, 3.05) is 13.1 Å². The summed E-state index contributed by atoms with van der Waals surface area (Å²) >= 11 is 0. The van der Waals surface area contributed by atoms with E-state index in [9.17, 15) is 22.4 Å². The Labute approximate surface area is 148 Å². The van der Waals surface area contributed by atoms with Crippen LogP contribution >= 0.6 is 0 Å². The number of carbonyl (C=O) groups is 1. The van der Waals surface area contributed by atoms with Gasteiger partial charge in [0.1, 0.15) is 5.82 Å². The summed E-state index contributed by atoms with van der Waals surface area (Å²) in [5.74, 6) is 4.82. The number of benzene rings is 2. The highest BCUT2D eigenvalue weighted by atomic mass is 19.4. The molecule has 0 spiro atoms. The molecule has 7 heteroatoms. The lowest BCUT2D eigenvalue weighted by Gasteiger charge is -2.06. The van der Waals surface area contributed by atoms with Gasteiger partial charge in [-0.05, 0) is 42.3 Å². The Kier molecular flexibility index (Phi) is 6.61. The Morgan fingerprint density at radius 3 is 2.54 bits per heavy atom. The minimum absolute atomic E-state index is 0.0119. The molecule has 0 bridgehead atoms. The molecule has 3 nitrogen and oxygen atoms in total. The Hall–Kier alpha value is -3.01. The Morgan fingerprint density at radius 1 is 1.04 bits per heavy atom. The van der Waals surface area contributed by atoms with Gasteiger partial charge in [-0.15, -0.1) is 0 Å². The van der Waals surface area contributed by atoms with Crippen molar-refractivity contribution in [1.82, 2.24) is 10.6 Å². The highest BCUT2D eigenvalue weighted by molar-refractivity contribution is 5.74. The number of halogens is 4. The first kappa shape index (κ1) is 19.3. The van der Waals surface area contributed by atoms with Crippen molar-refractivity contribution in [3.63, 3.8) is 0 Å². The number of carbonyl (C=O) groups excluding carboxylic acids is 1. The van der Waals surface area contributed by atoms with Gasteiger partial charge in [-0.2, -0.15) is 13.2 Å². The van der Waals surface area contributed by atoms with E-state index in [4.69, 9.17) is 0 Å². The number of hydrogen-bond donors (Lipinski definition) is 2. The van der Waals surface area contributed by atoms with Crippen molar-refractivity contribution >= 4 is 6.03 Å². The molecule has 136 valence electrons.